The van der Waals surface area contributed by atoms with Gasteiger partial charge in [0.2, 0.25) is 6.17 Å². The molecule has 40 heavy (non-hydrogen) atoms. The van der Waals surface area contributed by atoms with Crippen molar-refractivity contribution in [1.82, 2.24) is 10.6 Å². The number of anilines is 1. The average Bonchev–Trinajstić information content (AvgIpc) is 3.28. The van der Waals surface area contributed by atoms with E-state index in [1.54, 1.807) is 57.2 Å². The normalized spacial score (nSPS) is 24.5. The number of nitrogens with one attached hydrogen (secondary N) is 2. The lowest BCUT2D eigenvalue weighted by molar-refractivity contribution is -0.130. The lowest BCUT2D eigenvalue weighted by Gasteiger charge is -2.37. The van der Waals surface area contributed by atoms with Crippen LogP contribution in [0.4, 0.5) is 14.9 Å². The van der Waals surface area contributed by atoms with Gasteiger partial charge in [0, 0.05) is 23.1 Å². The summed E-state index contributed by atoms with van der Waals surface area (Å²) in [5, 5.41) is 6.17. The minimum absolute atomic E-state index is 0.0788. The molecule has 2 saturated heterocycles. The Balaban J connectivity index is 1.60. The number of amides is 2. The zero-order valence-electron chi connectivity index (χ0n) is 22.9. The van der Waals surface area contributed by atoms with Crippen LogP contribution in [0, 0.1) is 17.2 Å². The van der Waals surface area contributed by atoms with E-state index < -0.39 is 35.0 Å². The summed E-state index contributed by atoms with van der Waals surface area (Å²) in [6.45, 7) is 6.28. The standard InChI is InChI=1S/C30H34ClFN4O4/c1-29(2,3)40-28(39)35-26-27(38)36(16-23(37)30-13-11-18(12-14-30)15-33-17-30)25-20(8-6-9-21(25)31)24(34-26)19-7-4-5-10-22(19)32/h4-10,18,26,33H,11-17H2,1-3H3,(H,35,39). The van der Waals surface area contributed by atoms with E-state index in [-0.39, 0.29) is 34.3 Å². The average molecular weight is 569 g/mol. The Hall–Kier alpha value is -3.30. The number of aliphatic imine (C=N–C) groups is 1. The first-order valence-electron chi connectivity index (χ1n) is 13.6. The maximum absolute atomic E-state index is 15.1. The number of benzodiazepines with no additional fused rings is 1. The SMILES string of the molecule is CC(C)(C)OC(=O)NC1N=C(c2ccccc2F)c2cccc(Cl)c2N(CC(=O)C23CCC(CC2)CNC3)C1=O. The molecule has 1 atom stereocenters. The van der Waals surface area contributed by atoms with Gasteiger partial charge in [0.15, 0.2) is 5.78 Å². The van der Waals surface area contributed by atoms with Gasteiger partial charge in [0.05, 0.1) is 23.0 Å². The van der Waals surface area contributed by atoms with Crippen LogP contribution < -0.4 is 15.5 Å². The molecule has 2 aromatic carbocycles. The van der Waals surface area contributed by atoms with Crippen molar-refractivity contribution in [2.24, 2.45) is 16.3 Å². The molecule has 4 aliphatic rings. The first-order chi connectivity index (χ1) is 19.0. The molecule has 212 valence electrons. The second kappa shape index (κ2) is 10.9. The molecule has 2 bridgehead atoms. The third kappa shape index (κ3) is 5.63. The van der Waals surface area contributed by atoms with Crippen LogP contribution in [-0.4, -0.2) is 54.9 Å². The third-order valence-electron chi connectivity index (χ3n) is 7.90. The summed E-state index contributed by atoms with van der Waals surface area (Å²) in [6, 6.07) is 11.0. The summed E-state index contributed by atoms with van der Waals surface area (Å²) in [5.41, 5.74) is -0.521. The molecule has 10 heteroatoms. The third-order valence-corrected chi connectivity index (χ3v) is 8.21. The Labute approximate surface area is 238 Å². The van der Waals surface area contributed by atoms with Crippen molar-refractivity contribution in [2.75, 3.05) is 24.5 Å². The number of ketones is 1. The van der Waals surface area contributed by atoms with Gasteiger partial charge in [0.25, 0.3) is 5.91 Å². The summed E-state index contributed by atoms with van der Waals surface area (Å²) in [7, 11) is 0. The molecule has 0 radical (unpaired) electrons. The molecule has 3 heterocycles. The molecule has 3 aliphatic heterocycles. The molecule has 8 nitrogen and oxygen atoms in total. The molecular weight excluding hydrogens is 535 g/mol. The van der Waals surface area contributed by atoms with E-state index in [0.717, 1.165) is 32.2 Å². The number of hydrogen-bond acceptors (Lipinski definition) is 6. The van der Waals surface area contributed by atoms with Crippen LogP contribution in [0.1, 0.15) is 57.6 Å². The van der Waals surface area contributed by atoms with E-state index in [2.05, 4.69) is 15.6 Å². The largest absolute Gasteiger partial charge is 0.444 e. The molecule has 2 N–H and O–H groups in total. The van der Waals surface area contributed by atoms with Gasteiger partial charge in [0.1, 0.15) is 11.4 Å². The summed E-state index contributed by atoms with van der Waals surface area (Å²) in [4.78, 5) is 46.8. The van der Waals surface area contributed by atoms with Crippen molar-refractivity contribution in [2.45, 2.75) is 58.2 Å². The number of halogens is 2. The van der Waals surface area contributed by atoms with Crippen LogP contribution >= 0.6 is 11.6 Å². The predicted octanol–water partition coefficient (Wildman–Crippen LogP) is 4.86. The summed E-state index contributed by atoms with van der Waals surface area (Å²) in [5.74, 6) is -0.741. The molecule has 1 unspecified atom stereocenters. The second-order valence-corrected chi connectivity index (χ2v) is 12.3. The second-order valence-electron chi connectivity index (χ2n) is 11.8. The van der Waals surface area contributed by atoms with Crippen LogP contribution in [0.15, 0.2) is 47.5 Å². The van der Waals surface area contributed by atoms with Gasteiger partial charge in [-0.15, -0.1) is 0 Å². The Bertz CT molecular complexity index is 1360. The number of ether oxygens (including phenoxy) is 1. The van der Waals surface area contributed by atoms with Crippen molar-refractivity contribution >= 4 is 40.8 Å². The van der Waals surface area contributed by atoms with Crippen molar-refractivity contribution in [3.8, 4) is 0 Å². The van der Waals surface area contributed by atoms with Crippen molar-refractivity contribution in [3.05, 3.63) is 64.4 Å². The molecule has 0 spiro atoms. The van der Waals surface area contributed by atoms with Gasteiger partial charge in [-0.3, -0.25) is 19.8 Å². The van der Waals surface area contributed by atoms with Crippen LogP contribution in [0.5, 0.6) is 0 Å². The van der Waals surface area contributed by atoms with Gasteiger partial charge >= 0.3 is 6.09 Å². The predicted molar refractivity (Wildman–Crippen MR) is 151 cm³/mol. The highest BCUT2D eigenvalue weighted by Crippen LogP contribution is 2.43. The minimum atomic E-state index is -1.48. The quantitative estimate of drug-likeness (QED) is 0.536. The van der Waals surface area contributed by atoms with Gasteiger partial charge < -0.3 is 10.1 Å². The Morgan fingerprint density at radius 2 is 1.85 bits per heavy atom. The van der Waals surface area contributed by atoms with Crippen LogP contribution in [0.3, 0.4) is 0 Å². The first-order valence-corrected chi connectivity index (χ1v) is 14.0. The molecule has 6 rings (SSSR count). The number of nitrogens with zero attached hydrogens (tertiary/aromatic N) is 2. The van der Waals surface area contributed by atoms with Crippen LogP contribution in [-0.2, 0) is 14.3 Å². The van der Waals surface area contributed by atoms with Crippen molar-refractivity contribution < 1.29 is 23.5 Å². The van der Waals surface area contributed by atoms with Crippen LogP contribution in [0.25, 0.3) is 0 Å². The molecule has 1 saturated carbocycles. The highest BCUT2D eigenvalue weighted by molar-refractivity contribution is 6.36. The number of para-hydroxylation sites is 1. The summed E-state index contributed by atoms with van der Waals surface area (Å²) in [6.07, 6.45) is 1.05. The van der Waals surface area contributed by atoms with E-state index in [1.165, 1.54) is 11.0 Å². The number of Topliss-reactive ketones (excluding diaryl/α,β-unsaturated/α-hetero) is 1. The lowest BCUT2D eigenvalue weighted by Crippen LogP contribution is -2.52. The lowest BCUT2D eigenvalue weighted by atomic mass is 9.69. The Morgan fingerprint density at radius 3 is 2.55 bits per heavy atom. The van der Waals surface area contributed by atoms with Gasteiger partial charge in [-0.1, -0.05) is 35.9 Å². The number of fused-ring (bicyclic) bond motifs is 5. The summed E-state index contributed by atoms with van der Waals surface area (Å²) < 4.78 is 20.5. The van der Waals surface area contributed by atoms with Crippen LogP contribution in [0.2, 0.25) is 5.02 Å². The van der Waals surface area contributed by atoms with E-state index >= 15 is 4.39 Å². The number of benzene rings is 2. The fraction of sp³-hybridized carbons (Fsp3) is 0.467. The fourth-order valence-electron chi connectivity index (χ4n) is 5.85. The zero-order valence-corrected chi connectivity index (χ0v) is 23.7. The number of carbonyl (C=O) groups is 3. The Kier molecular flexibility index (Phi) is 7.72. The number of alkyl carbamates (subject to hydrolysis) is 1. The maximum Gasteiger partial charge on any atom is 0.409 e. The smallest absolute Gasteiger partial charge is 0.409 e. The zero-order chi connectivity index (χ0) is 28.7. The highest BCUT2D eigenvalue weighted by atomic mass is 35.5. The fourth-order valence-corrected chi connectivity index (χ4v) is 6.12. The molecule has 3 fully saturated rings. The molecular formula is C30H34ClFN4O4. The van der Waals surface area contributed by atoms with E-state index in [9.17, 15) is 14.4 Å². The highest BCUT2D eigenvalue weighted by Gasteiger charge is 2.45. The van der Waals surface area contributed by atoms with Crippen molar-refractivity contribution in [3.63, 3.8) is 0 Å². The molecule has 0 aromatic heterocycles. The molecule has 2 amide bonds. The monoisotopic (exact) mass is 568 g/mol. The van der Waals surface area contributed by atoms with Gasteiger partial charge in [-0.2, -0.15) is 0 Å². The van der Waals surface area contributed by atoms with Gasteiger partial charge in [-0.25, -0.2) is 14.2 Å². The van der Waals surface area contributed by atoms with E-state index in [1.807, 2.05) is 0 Å². The maximum atomic E-state index is 15.1. The Morgan fingerprint density at radius 1 is 1.15 bits per heavy atom. The number of hydrogen-bond donors (Lipinski definition) is 2. The number of rotatable bonds is 5. The van der Waals surface area contributed by atoms with E-state index in [0.29, 0.717) is 18.0 Å². The molecule has 2 aromatic rings. The topological polar surface area (TPSA) is 100 Å². The summed E-state index contributed by atoms with van der Waals surface area (Å²) >= 11 is 6.70. The number of carbonyl (C=O) groups excluding carboxylic acids is 3. The molecule has 1 aliphatic carbocycles. The van der Waals surface area contributed by atoms with Gasteiger partial charge in [-0.05, 0) is 77.1 Å². The first kappa shape index (κ1) is 28.2. The van der Waals surface area contributed by atoms with Crippen molar-refractivity contribution in [1.29, 1.82) is 0 Å². The van der Waals surface area contributed by atoms with E-state index in [4.69, 9.17) is 16.3 Å². The minimum Gasteiger partial charge on any atom is -0.444 e.